The van der Waals surface area contributed by atoms with Crippen LogP contribution in [-0.2, 0) is 9.53 Å². The first-order chi connectivity index (χ1) is 14.7. The maximum Gasteiger partial charge on any atom is 0.305 e. The van der Waals surface area contributed by atoms with Crippen LogP contribution in [0.25, 0.3) is 0 Å². The van der Waals surface area contributed by atoms with Crippen LogP contribution in [0, 0.1) is 5.92 Å². The fourth-order valence-corrected chi connectivity index (χ4v) is 4.01. The summed E-state index contributed by atoms with van der Waals surface area (Å²) in [6.45, 7) is 7.46. The van der Waals surface area contributed by atoms with E-state index in [1.54, 1.807) is 0 Å². The number of hydrogen-bond acceptors (Lipinski definition) is 2. The van der Waals surface area contributed by atoms with E-state index < -0.39 is 0 Å². The van der Waals surface area contributed by atoms with E-state index in [1.165, 1.54) is 103 Å². The van der Waals surface area contributed by atoms with Crippen molar-refractivity contribution in [3.05, 3.63) is 12.2 Å². The number of hydrogen-bond donors (Lipinski definition) is 0. The molecule has 0 aromatic rings. The van der Waals surface area contributed by atoms with Gasteiger partial charge in [-0.1, -0.05) is 116 Å². The lowest BCUT2D eigenvalue weighted by Gasteiger charge is -2.11. The second-order valence-electron chi connectivity index (χ2n) is 9.09. The Bertz CT molecular complexity index is 371. The smallest absolute Gasteiger partial charge is 0.305 e. The molecule has 2 heteroatoms. The maximum atomic E-state index is 11.8. The number of unbranched alkanes of at least 4 members (excludes halogenated alkanes) is 13. The molecule has 0 heterocycles. The fraction of sp³-hybridized carbons (Fsp3) is 0.893. The highest BCUT2D eigenvalue weighted by molar-refractivity contribution is 5.69. The van der Waals surface area contributed by atoms with Crippen molar-refractivity contribution in [1.82, 2.24) is 0 Å². The van der Waals surface area contributed by atoms with E-state index in [0.29, 0.717) is 13.0 Å². The highest BCUT2D eigenvalue weighted by Crippen LogP contribution is 2.16. The van der Waals surface area contributed by atoms with E-state index in [2.05, 4.69) is 32.9 Å². The van der Waals surface area contributed by atoms with Crippen molar-refractivity contribution in [3.8, 4) is 0 Å². The van der Waals surface area contributed by atoms with Gasteiger partial charge in [-0.2, -0.15) is 0 Å². The van der Waals surface area contributed by atoms with E-state index >= 15 is 0 Å². The van der Waals surface area contributed by atoms with Crippen LogP contribution in [0.4, 0.5) is 0 Å². The van der Waals surface area contributed by atoms with Gasteiger partial charge in [0.2, 0.25) is 0 Å². The predicted octanol–water partition coefficient (Wildman–Crippen LogP) is 9.56. The highest BCUT2D eigenvalue weighted by atomic mass is 16.5. The number of carbonyl (C=O) groups excluding carboxylic acids is 1. The number of allylic oxidation sites excluding steroid dienone is 2. The van der Waals surface area contributed by atoms with Crippen LogP contribution in [0.3, 0.4) is 0 Å². The average molecular weight is 423 g/mol. The molecule has 178 valence electrons. The first kappa shape index (κ1) is 29.2. The Kier molecular flexibility index (Phi) is 23.8. The minimum Gasteiger partial charge on any atom is -0.466 e. The van der Waals surface area contributed by atoms with Gasteiger partial charge in [-0.25, -0.2) is 0 Å². The summed E-state index contributed by atoms with van der Waals surface area (Å²) in [7, 11) is 0. The SMILES string of the molecule is CCCCCCCC/C=C\CCCCCCCC(=O)OCCCCCC(CC)CC. The Morgan fingerprint density at radius 1 is 0.667 bits per heavy atom. The third kappa shape index (κ3) is 21.9. The first-order valence-electron chi connectivity index (χ1n) is 13.5. The van der Waals surface area contributed by atoms with Gasteiger partial charge in [-0.05, 0) is 44.4 Å². The van der Waals surface area contributed by atoms with Gasteiger partial charge in [-0.15, -0.1) is 0 Å². The maximum absolute atomic E-state index is 11.8. The Labute approximate surface area is 189 Å². The van der Waals surface area contributed by atoms with Crippen molar-refractivity contribution in [3.63, 3.8) is 0 Å². The largest absolute Gasteiger partial charge is 0.466 e. The van der Waals surface area contributed by atoms with Crippen molar-refractivity contribution in [2.75, 3.05) is 6.61 Å². The molecule has 0 spiro atoms. The highest BCUT2D eigenvalue weighted by Gasteiger charge is 2.04. The van der Waals surface area contributed by atoms with Crippen LogP contribution in [-0.4, -0.2) is 12.6 Å². The molecule has 0 bridgehead atoms. The summed E-state index contributed by atoms with van der Waals surface area (Å²) in [6, 6.07) is 0. The van der Waals surface area contributed by atoms with Crippen LogP contribution < -0.4 is 0 Å². The van der Waals surface area contributed by atoms with Gasteiger partial charge in [0.1, 0.15) is 0 Å². The monoisotopic (exact) mass is 422 g/mol. The molecule has 0 aliphatic heterocycles. The lowest BCUT2D eigenvalue weighted by atomic mass is 9.96. The predicted molar refractivity (Wildman–Crippen MR) is 133 cm³/mol. The second-order valence-corrected chi connectivity index (χ2v) is 9.09. The first-order valence-corrected chi connectivity index (χ1v) is 13.5. The van der Waals surface area contributed by atoms with Crippen molar-refractivity contribution in [2.45, 2.75) is 149 Å². The van der Waals surface area contributed by atoms with Gasteiger partial charge in [0.15, 0.2) is 0 Å². The number of carbonyl (C=O) groups is 1. The Hall–Kier alpha value is -0.790. The lowest BCUT2D eigenvalue weighted by Crippen LogP contribution is -2.06. The molecular weight excluding hydrogens is 368 g/mol. The molecular formula is C28H54O2. The molecule has 0 aromatic carbocycles. The van der Waals surface area contributed by atoms with Crippen LogP contribution in [0.15, 0.2) is 12.2 Å². The molecule has 0 fully saturated rings. The van der Waals surface area contributed by atoms with E-state index in [-0.39, 0.29) is 5.97 Å². The van der Waals surface area contributed by atoms with Gasteiger partial charge < -0.3 is 4.74 Å². The summed E-state index contributed by atoms with van der Waals surface area (Å²) < 4.78 is 5.37. The molecule has 0 saturated heterocycles. The summed E-state index contributed by atoms with van der Waals surface area (Å²) in [5.74, 6) is 0.890. The molecule has 0 saturated carbocycles. The molecule has 0 aliphatic rings. The van der Waals surface area contributed by atoms with Gasteiger partial charge in [0.25, 0.3) is 0 Å². The van der Waals surface area contributed by atoms with E-state index in [1.807, 2.05) is 0 Å². The molecule has 0 unspecified atom stereocenters. The molecule has 2 nitrogen and oxygen atoms in total. The number of rotatable bonds is 23. The van der Waals surface area contributed by atoms with Crippen molar-refractivity contribution >= 4 is 5.97 Å². The lowest BCUT2D eigenvalue weighted by molar-refractivity contribution is -0.143. The minimum atomic E-state index is 0.00706. The molecule has 0 aromatic heterocycles. The van der Waals surface area contributed by atoms with Gasteiger partial charge in [0, 0.05) is 6.42 Å². The fourth-order valence-electron chi connectivity index (χ4n) is 4.01. The van der Waals surface area contributed by atoms with Crippen LogP contribution in [0.2, 0.25) is 0 Å². The Morgan fingerprint density at radius 2 is 1.20 bits per heavy atom. The minimum absolute atomic E-state index is 0.00706. The Balaban J connectivity index is 3.27. The Morgan fingerprint density at radius 3 is 1.80 bits per heavy atom. The number of ether oxygens (including phenoxy) is 1. The summed E-state index contributed by atoms with van der Waals surface area (Å²) in [5.41, 5.74) is 0. The van der Waals surface area contributed by atoms with Crippen LogP contribution in [0.1, 0.15) is 149 Å². The van der Waals surface area contributed by atoms with Gasteiger partial charge in [0.05, 0.1) is 6.61 Å². The van der Waals surface area contributed by atoms with Gasteiger partial charge in [-0.3, -0.25) is 4.79 Å². The zero-order valence-corrected chi connectivity index (χ0v) is 20.9. The topological polar surface area (TPSA) is 26.3 Å². The normalized spacial score (nSPS) is 11.6. The summed E-state index contributed by atoms with van der Waals surface area (Å²) in [5, 5.41) is 0. The molecule has 30 heavy (non-hydrogen) atoms. The quantitative estimate of drug-likeness (QED) is 0.0930. The standard InChI is InChI=1S/C28H54O2/c1-4-7-8-9-10-11-12-13-14-15-16-17-18-19-22-25-28(29)30-26-23-20-21-24-27(5-2)6-3/h13-14,27H,4-12,15-26H2,1-3H3/b14-13-. The van der Waals surface area contributed by atoms with Crippen molar-refractivity contribution in [1.29, 1.82) is 0 Å². The zero-order valence-electron chi connectivity index (χ0n) is 20.9. The summed E-state index contributed by atoms with van der Waals surface area (Å²) >= 11 is 0. The van der Waals surface area contributed by atoms with Gasteiger partial charge >= 0.3 is 5.97 Å². The third-order valence-corrected chi connectivity index (χ3v) is 6.32. The molecule has 0 amide bonds. The third-order valence-electron chi connectivity index (χ3n) is 6.32. The summed E-state index contributed by atoms with van der Waals surface area (Å²) in [4.78, 5) is 11.8. The zero-order chi connectivity index (χ0) is 22.1. The van der Waals surface area contributed by atoms with Crippen LogP contribution in [0.5, 0.6) is 0 Å². The van der Waals surface area contributed by atoms with Crippen LogP contribution >= 0.6 is 0 Å². The molecule has 0 radical (unpaired) electrons. The molecule has 0 rings (SSSR count). The molecule has 0 atom stereocenters. The average Bonchev–Trinajstić information content (AvgIpc) is 2.76. The van der Waals surface area contributed by atoms with E-state index in [4.69, 9.17) is 4.74 Å². The van der Waals surface area contributed by atoms with E-state index in [0.717, 1.165) is 25.2 Å². The van der Waals surface area contributed by atoms with E-state index in [9.17, 15) is 4.79 Å². The summed E-state index contributed by atoms with van der Waals surface area (Å²) in [6.07, 6.45) is 29.5. The van der Waals surface area contributed by atoms with Crippen molar-refractivity contribution in [2.24, 2.45) is 5.92 Å². The number of esters is 1. The molecule has 0 aliphatic carbocycles. The molecule has 0 N–H and O–H groups in total. The van der Waals surface area contributed by atoms with Crippen molar-refractivity contribution < 1.29 is 9.53 Å². The second kappa shape index (κ2) is 24.5.